The maximum absolute atomic E-state index is 12.4. The zero-order valence-corrected chi connectivity index (χ0v) is 10.8. The molecule has 112 valence electrons. The fourth-order valence-corrected chi connectivity index (χ4v) is 1.40. The Morgan fingerprint density at radius 1 is 1.43 bits per heavy atom. The summed E-state index contributed by atoms with van der Waals surface area (Å²) in [6.07, 6.45) is -3.62. The normalized spacial score (nSPS) is 11.2. The molecular weight excluding hydrogens is 291 g/mol. The van der Waals surface area contributed by atoms with E-state index >= 15 is 0 Å². The lowest BCUT2D eigenvalue weighted by atomic mass is 10.3. The number of hydrogen-bond acceptors (Lipinski definition) is 5. The van der Waals surface area contributed by atoms with Gasteiger partial charge < -0.3 is 9.26 Å². The van der Waals surface area contributed by atoms with Gasteiger partial charge in [-0.05, 0) is 13.0 Å². The molecule has 0 aliphatic heterocycles. The predicted molar refractivity (Wildman–Crippen MR) is 64.6 cm³/mol. The Bertz CT molecular complexity index is 640. The molecule has 0 aliphatic carbocycles. The number of aromatic nitrogens is 2. The second kappa shape index (κ2) is 5.81. The van der Waals surface area contributed by atoms with Crippen LogP contribution in [0.5, 0.6) is 5.75 Å². The van der Waals surface area contributed by atoms with Crippen LogP contribution in [0.1, 0.15) is 11.4 Å². The highest BCUT2D eigenvalue weighted by Gasteiger charge is 2.32. The molecular formula is C12H10F3N3O3. The van der Waals surface area contributed by atoms with Gasteiger partial charge in [-0.3, -0.25) is 15.1 Å². The molecule has 0 unspecified atom stereocenters. The van der Waals surface area contributed by atoms with E-state index in [0.717, 1.165) is 6.20 Å². The summed E-state index contributed by atoms with van der Waals surface area (Å²) in [5, 5.41) is 5.91. The van der Waals surface area contributed by atoms with Crippen LogP contribution in [0.25, 0.3) is 0 Å². The minimum absolute atomic E-state index is 0.110. The van der Waals surface area contributed by atoms with Crippen LogP contribution in [0.3, 0.4) is 0 Å². The molecule has 2 rings (SSSR count). The number of ether oxygens (including phenoxy) is 1. The van der Waals surface area contributed by atoms with Gasteiger partial charge in [-0.1, -0.05) is 5.16 Å². The van der Waals surface area contributed by atoms with E-state index in [-0.39, 0.29) is 11.6 Å². The van der Waals surface area contributed by atoms with Crippen molar-refractivity contribution in [2.24, 2.45) is 0 Å². The lowest BCUT2D eigenvalue weighted by Crippen LogP contribution is -2.20. The maximum Gasteiger partial charge on any atom is 0.433 e. The van der Waals surface area contributed by atoms with Gasteiger partial charge in [0.2, 0.25) is 5.88 Å². The summed E-state index contributed by atoms with van der Waals surface area (Å²) in [4.78, 5) is 14.7. The number of carbonyl (C=O) groups is 1. The lowest BCUT2D eigenvalue weighted by molar-refractivity contribution is -0.141. The summed E-state index contributed by atoms with van der Waals surface area (Å²) in [5.41, 5.74) is -0.513. The Morgan fingerprint density at radius 2 is 2.19 bits per heavy atom. The number of amides is 1. The summed E-state index contributed by atoms with van der Waals surface area (Å²) in [5.74, 6) is -0.565. The van der Waals surface area contributed by atoms with Crippen LogP contribution in [0.15, 0.2) is 28.9 Å². The fourth-order valence-electron chi connectivity index (χ4n) is 1.40. The molecule has 0 aromatic carbocycles. The summed E-state index contributed by atoms with van der Waals surface area (Å²) in [6, 6.07) is 3.43. The standard InChI is InChI=1S/C12H10F3N3O3/c1-7-4-11(21-18-7)17-10(19)6-20-8-2-3-16-9(5-8)12(13,14)15/h2-5H,6H2,1H3,(H,17,19). The Hall–Kier alpha value is -2.58. The number of hydrogen-bond donors (Lipinski definition) is 1. The zero-order valence-electron chi connectivity index (χ0n) is 10.8. The predicted octanol–water partition coefficient (Wildman–Crippen LogP) is 2.41. The van der Waals surface area contributed by atoms with Gasteiger partial charge in [-0.15, -0.1) is 0 Å². The molecule has 2 aromatic heterocycles. The molecule has 0 atom stereocenters. The molecule has 0 saturated heterocycles. The molecule has 1 amide bonds. The smallest absolute Gasteiger partial charge is 0.433 e. The zero-order chi connectivity index (χ0) is 15.5. The molecule has 0 spiro atoms. The van der Waals surface area contributed by atoms with Crippen LogP contribution in [0, 0.1) is 6.92 Å². The van der Waals surface area contributed by atoms with E-state index in [0.29, 0.717) is 11.8 Å². The quantitative estimate of drug-likeness (QED) is 0.938. The Balaban J connectivity index is 1.92. The van der Waals surface area contributed by atoms with Crippen molar-refractivity contribution in [1.29, 1.82) is 0 Å². The average Bonchev–Trinajstić information content (AvgIpc) is 2.81. The van der Waals surface area contributed by atoms with Crippen molar-refractivity contribution in [3.63, 3.8) is 0 Å². The molecule has 0 bridgehead atoms. The molecule has 6 nitrogen and oxygen atoms in total. The SMILES string of the molecule is Cc1cc(NC(=O)COc2ccnc(C(F)(F)F)c2)on1. The van der Waals surface area contributed by atoms with Crippen LogP contribution in [-0.2, 0) is 11.0 Å². The van der Waals surface area contributed by atoms with Crippen molar-refractivity contribution in [2.75, 3.05) is 11.9 Å². The van der Waals surface area contributed by atoms with E-state index in [1.807, 2.05) is 0 Å². The maximum atomic E-state index is 12.4. The number of halogens is 3. The second-order valence-corrected chi connectivity index (χ2v) is 4.04. The molecule has 2 heterocycles. The van der Waals surface area contributed by atoms with Crippen molar-refractivity contribution in [3.8, 4) is 5.75 Å². The van der Waals surface area contributed by atoms with Crippen molar-refractivity contribution in [3.05, 3.63) is 35.8 Å². The first-order valence-electron chi connectivity index (χ1n) is 5.74. The minimum Gasteiger partial charge on any atom is -0.484 e. The van der Waals surface area contributed by atoms with Crippen LogP contribution in [0.4, 0.5) is 19.1 Å². The van der Waals surface area contributed by atoms with E-state index < -0.39 is 24.4 Å². The first-order chi connectivity index (χ1) is 9.84. The topological polar surface area (TPSA) is 77.2 Å². The number of aryl methyl sites for hydroxylation is 1. The van der Waals surface area contributed by atoms with Gasteiger partial charge in [0.05, 0.1) is 5.69 Å². The van der Waals surface area contributed by atoms with Gasteiger partial charge in [-0.25, -0.2) is 0 Å². The Labute approximate surface area is 116 Å². The molecule has 0 aliphatic rings. The number of rotatable bonds is 4. The van der Waals surface area contributed by atoms with Crippen molar-refractivity contribution in [2.45, 2.75) is 13.1 Å². The van der Waals surface area contributed by atoms with E-state index in [2.05, 4.69) is 15.5 Å². The molecule has 2 aromatic rings. The average molecular weight is 301 g/mol. The van der Waals surface area contributed by atoms with Gasteiger partial charge in [0.25, 0.3) is 5.91 Å². The molecule has 1 N–H and O–H groups in total. The third kappa shape index (κ3) is 4.20. The number of nitrogens with one attached hydrogen (secondary N) is 1. The summed E-state index contributed by atoms with van der Waals surface area (Å²) in [6.45, 7) is 1.20. The summed E-state index contributed by atoms with van der Waals surface area (Å²) >= 11 is 0. The van der Waals surface area contributed by atoms with E-state index in [1.165, 1.54) is 12.1 Å². The lowest BCUT2D eigenvalue weighted by Gasteiger charge is -2.08. The largest absolute Gasteiger partial charge is 0.484 e. The number of nitrogens with zero attached hydrogens (tertiary/aromatic N) is 2. The van der Waals surface area contributed by atoms with Crippen LogP contribution < -0.4 is 10.1 Å². The third-order valence-electron chi connectivity index (χ3n) is 2.28. The summed E-state index contributed by atoms with van der Waals surface area (Å²) in [7, 11) is 0. The van der Waals surface area contributed by atoms with Crippen LogP contribution in [0.2, 0.25) is 0 Å². The number of pyridine rings is 1. The van der Waals surface area contributed by atoms with E-state index in [1.54, 1.807) is 6.92 Å². The van der Waals surface area contributed by atoms with Gasteiger partial charge in [0.1, 0.15) is 11.4 Å². The van der Waals surface area contributed by atoms with E-state index in [4.69, 9.17) is 9.26 Å². The molecule has 0 radical (unpaired) electrons. The molecule has 21 heavy (non-hydrogen) atoms. The Morgan fingerprint density at radius 3 is 2.81 bits per heavy atom. The Kier molecular flexibility index (Phi) is 4.10. The highest BCUT2D eigenvalue weighted by Crippen LogP contribution is 2.29. The van der Waals surface area contributed by atoms with Gasteiger partial charge in [0, 0.05) is 18.3 Å². The first kappa shape index (κ1) is 14.8. The number of carbonyl (C=O) groups excluding carboxylic acids is 1. The van der Waals surface area contributed by atoms with Crippen molar-refractivity contribution < 1.29 is 27.2 Å². The van der Waals surface area contributed by atoms with E-state index in [9.17, 15) is 18.0 Å². The van der Waals surface area contributed by atoms with Gasteiger partial charge in [0.15, 0.2) is 6.61 Å². The van der Waals surface area contributed by atoms with Crippen molar-refractivity contribution >= 4 is 11.8 Å². The number of alkyl halides is 3. The van der Waals surface area contributed by atoms with Crippen LogP contribution in [-0.4, -0.2) is 22.7 Å². The molecule has 0 saturated carbocycles. The highest BCUT2D eigenvalue weighted by atomic mass is 19.4. The molecule has 0 fully saturated rings. The monoisotopic (exact) mass is 301 g/mol. The fraction of sp³-hybridized carbons (Fsp3) is 0.250. The minimum atomic E-state index is -4.57. The first-order valence-corrected chi connectivity index (χ1v) is 5.74. The van der Waals surface area contributed by atoms with Crippen LogP contribution >= 0.6 is 0 Å². The van der Waals surface area contributed by atoms with Gasteiger partial charge >= 0.3 is 6.18 Å². The summed E-state index contributed by atoms with van der Waals surface area (Å²) < 4.78 is 47.0. The third-order valence-corrected chi connectivity index (χ3v) is 2.28. The second-order valence-electron chi connectivity index (χ2n) is 4.04. The van der Waals surface area contributed by atoms with Crippen molar-refractivity contribution in [1.82, 2.24) is 10.1 Å². The molecule has 9 heteroatoms. The number of anilines is 1. The highest BCUT2D eigenvalue weighted by molar-refractivity contribution is 5.90. The van der Waals surface area contributed by atoms with Gasteiger partial charge in [-0.2, -0.15) is 13.2 Å².